The zero-order valence-corrected chi connectivity index (χ0v) is 15.6. The van der Waals surface area contributed by atoms with Gasteiger partial charge in [-0.2, -0.15) is 0 Å². The molecule has 0 bridgehead atoms. The fourth-order valence-corrected chi connectivity index (χ4v) is 3.25. The summed E-state index contributed by atoms with van der Waals surface area (Å²) in [5.41, 5.74) is -0.418. The van der Waals surface area contributed by atoms with E-state index in [0.717, 1.165) is 12.8 Å². The molecule has 26 heavy (non-hydrogen) atoms. The molecular formula is C18H18Cl2N2O4. The molecule has 2 aromatic carbocycles. The average Bonchev–Trinajstić information content (AvgIpc) is 2.92. The number of aliphatic hydroxyl groups excluding tert-OH is 1. The third-order valence-electron chi connectivity index (χ3n) is 4.04. The van der Waals surface area contributed by atoms with E-state index in [1.807, 2.05) is 0 Å². The Balaban J connectivity index is 0.00000117. The van der Waals surface area contributed by atoms with Gasteiger partial charge < -0.3 is 20.8 Å². The molecule has 1 unspecified atom stereocenters. The van der Waals surface area contributed by atoms with Crippen LogP contribution >= 0.6 is 23.2 Å². The lowest BCUT2D eigenvalue weighted by molar-refractivity contribution is -0.133. The maximum Gasteiger partial charge on any atom is 0.261 e. The first kappa shape index (κ1) is 20.2. The number of hydrogen-bond donors (Lipinski definition) is 4. The van der Waals surface area contributed by atoms with Gasteiger partial charge in [0.05, 0.1) is 17.1 Å². The summed E-state index contributed by atoms with van der Waals surface area (Å²) >= 11 is 12.2. The summed E-state index contributed by atoms with van der Waals surface area (Å²) in [6, 6.07) is 9.75. The van der Waals surface area contributed by atoms with Gasteiger partial charge in [-0.1, -0.05) is 23.2 Å². The molecule has 1 aliphatic rings. The Bertz CT molecular complexity index is 840. The molecule has 1 amide bonds. The van der Waals surface area contributed by atoms with Gasteiger partial charge in [-0.3, -0.25) is 9.59 Å². The minimum atomic E-state index is -2.05. The van der Waals surface area contributed by atoms with Crippen molar-refractivity contribution in [2.45, 2.75) is 12.0 Å². The molecule has 6 nitrogen and oxygen atoms in total. The van der Waals surface area contributed by atoms with Crippen LogP contribution in [0.3, 0.4) is 0 Å². The number of amides is 1. The lowest BCUT2D eigenvalue weighted by Crippen LogP contribution is -2.36. The van der Waals surface area contributed by atoms with E-state index in [1.54, 1.807) is 31.3 Å². The predicted molar refractivity (Wildman–Crippen MR) is 102 cm³/mol. The van der Waals surface area contributed by atoms with Crippen molar-refractivity contribution in [2.75, 3.05) is 24.8 Å². The van der Waals surface area contributed by atoms with Crippen LogP contribution in [0.15, 0.2) is 36.4 Å². The molecule has 1 heterocycles. The Morgan fingerprint density at radius 2 is 1.69 bits per heavy atom. The number of Topliss-reactive ketones (excluding diaryl/α,β-unsaturated/α-hetero) is 1. The summed E-state index contributed by atoms with van der Waals surface area (Å²) < 4.78 is 0. The van der Waals surface area contributed by atoms with E-state index in [0.29, 0.717) is 5.56 Å². The van der Waals surface area contributed by atoms with E-state index in [-0.39, 0.29) is 27.1 Å². The normalized spacial score (nSPS) is 17.7. The highest BCUT2D eigenvalue weighted by Gasteiger charge is 2.49. The SMILES string of the molecule is CNc1ccc(C(=O)CC2(O)C(=O)Nc3c(Cl)ccc(Cl)c32)cc1.CO. The largest absolute Gasteiger partial charge is 0.400 e. The van der Waals surface area contributed by atoms with Crippen molar-refractivity contribution in [1.82, 2.24) is 0 Å². The molecule has 0 aliphatic carbocycles. The number of halogens is 2. The Morgan fingerprint density at radius 3 is 2.27 bits per heavy atom. The molecule has 3 rings (SSSR count). The molecule has 1 atom stereocenters. The third kappa shape index (κ3) is 3.54. The van der Waals surface area contributed by atoms with Gasteiger partial charge >= 0.3 is 0 Å². The molecule has 1 aliphatic heterocycles. The number of carbonyl (C=O) groups is 2. The van der Waals surface area contributed by atoms with Crippen LogP contribution in [0.2, 0.25) is 10.0 Å². The Labute approximate surface area is 160 Å². The number of benzene rings is 2. The van der Waals surface area contributed by atoms with Crippen molar-refractivity contribution in [3.63, 3.8) is 0 Å². The maximum absolute atomic E-state index is 12.5. The van der Waals surface area contributed by atoms with E-state index >= 15 is 0 Å². The van der Waals surface area contributed by atoms with Gasteiger partial charge in [-0.05, 0) is 36.4 Å². The molecule has 4 N–H and O–H groups in total. The Hall–Kier alpha value is -2.12. The van der Waals surface area contributed by atoms with Crippen LogP contribution in [0.4, 0.5) is 11.4 Å². The quantitative estimate of drug-likeness (QED) is 0.595. The van der Waals surface area contributed by atoms with Crippen LogP contribution < -0.4 is 10.6 Å². The number of rotatable bonds is 4. The van der Waals surface area contributed by atoms with E-state index in [1.165, 1.54) is 12.1 Å². The molecule has 0 saturated heterocycles. The summed E-state index contributed by atoms with van der Waals surface area (Å²) in [5, 5.41) is 23.7. The second-order valence-electron chi connectivity index (χ2n) is 5.52. The molecule has 0 saturated carbocycles. The van der Waals surface area contributed by atoms with Gasteiger partial charge in [0.25, 0.3) is 5.91 Å². The molecule has 0 aromatic heterocycles. The predicted octanol–water partition coefficient (Wildman–Crippen LogP) is 3.06. The number of carbonyl (C=O) groups excluding carboxylic acids is 2. The summed E-state index contributed by atoms with van der Waals surface area (Å²) in [6.07, 6.45) is -0.426. The average molecular weight is 397 g/mol. The van der Waals surface area contributed by atoms with E-state index in [2.05, 4.69) is 10.6 Å². The monoisotopic (exact) mass is 396 g/mol. The van der Waals surface area contributed by atoms with Crippen molar-refractivity contribution < 1.29 is 19.8 Å². The Kier molecular flexibility index (Phi) is 6.26. The van der Waals surface area contributed by atoms with E-state index < -0.39 is 17.9 Å². The van der Waals surface area contributed by atoms with Gasteiger partial charge in [0.2, 0.25) is 0 Å². The van der Waals surface area contributed by atoms with E-state index in [9.17, 15) is 14.7 Å². The summed E-state index contributed by atoms with van der Waals surface area (Å²) in [4.78, 5) is 24.8. The highest BCUT2D eigenvalue weighted by molar-refractivity contribution is 6.38. The zero-order chi connectivity index (χ0) is 19.5. The van der Waals surface area contributed by atoms with Gasteiger partial charge in [0.1, 0.15) is 0 Å². The summed E-state index contributed by atoms with van der Waals surface area (Å²) in [6.45, 7) is 0. The summed E-state index contributed by atoms with van der Waals surface area (Å²) in [7, 11) is 2.77. The lowest BCUT2D eigenvalue weighted by atomic mass is 9.88. The van der Waals surface area contributed by atoms with Crippen molar-refractivity contribution in [1.29, 1.82) is 0 Å². The minimum Gasteiger partial charge on any atom is -0.400 e. The lowest BCUT2D eigenvalue weighted by Gasteiger charge is -2.21. The van der Waals surface area contributed by atoms with Crippen molar-refractivity contribution >= 4 is 46.3 Å². The maximum atomic E-state index is 12.5. The molecular weight excluding hydrogens is 379 g/mol. The van der Waals surface area contributed by atoms with Gasteiger partial charge in [0, 0.05) is 36.0 Å². The fourth-order valence-electron chi connectivity index (χ4n) is 2.73. The topological polar surface area (TPSA) is 98.7 Å². The number of fused-ring (bicyclic) bond motifs is 1. The van der Waals surface area contributed by atoms with Crippen molar-refractivity contribution in [2.24, 2.45) is 0 Å². The fraction of sp³-hybridized carbons (Fsp3) is 0.222. The highest BCUT2D eigenvalue weighted by atomic mass is 35.5. The first-order valence-electron chi connectivity index (χ1n) is 7.65. The highest BCUT2D eigenvalue weighted by Crippen LogP contribution is 2.46. The number of ketones is 1. The zero-order valence-electron chi connectivity index (χ0n) is 14.1. The molecule has 0 spiro atoms. The van der Waals surface area contributed by atoms with Crippen LogP contribution in [-0.4, -0.2) is 36.1 Å². The van der Waals surface area contributed by atoms with Crippen LogP contribution in [-0.2, 0) is 10.4 Å². The third-order valence-corrected chi connectivity index (χ3v) is 4.67. The van der Waals surface area contributed by atoms with Crippen molar-refractivity contribution in [3.8, 4) is 0 Å². The summed E-state index contributed by atoms with van der Waals surface area (Å²) in [5.74, 6) is -1.09. The number of anilines is 2. The van der Waals surface area contributed by atoms with Crippen LogP contribution in [0.1, 0.15) is 22.3 Å². The molecule has 138 valence electrons. The molecule has 8 heteroatoms. The minimum absolute atomic E-state index is 0.141. The Morgan fingerprint density at radius 1 is 1.12 bits per heavy atom. The second-order valence-corrected chi connectivity index (χ2v) is 6.34. The first-order chi connectivity index (χ1) is 12.4. The standard InChI is InChI=1S/C17H14Cl2N2O3.CH4O/c1-20-10-4-2-9(3-5-10)13(22)8-17(24)14-11(18)6-7-12(19)15(14)21-16(17)23;1-2/h2-7,20,24H,8H2,1H3,(H,21,23);2H,1H3. The number of hydrogen-bond acceptors (Lipinski definition) is 5. The molecule has 0 radical (unpaired) electrons. The smallest absolute Gasteiger partial charge is 0.261 e. The first-order valence-corrected chi connectivity index (χ1v) is 8.40. The van der Waals surface area contributed by atoms with Gasteiger partial charge in [-0.15, -0.1) is 0 Å². The van der Waals surface area contributed by atoms with E-state index in [4.69, 9.17) is 28.3 Å². The van der Waals surface area contributed by atoms with Gasteiger partial charge in [-0.25, -0.2) is 0 Å². The van der Waals surface area contributed by atoms with Crippen LogP contribution in [0.25, 0.3) is 0 Å². The van der Waals surface area contributed by atoms with Crippen molar-refractivity contribution in [3.05, 3.63) is 57.6 Å². The van der Waals surface area contributed by atoms with Crippen LogP contribution in [0, 0.1) is 0 Å². The number of nitrogens with one attached hydrogen (secondary N) is 2. The molecule has 0 fully saturated rings. The second kappa shape index (κ2) is 8.05. The number of aliphatic hydroxyl groups is 2. The molecule has 2 aromatic rings. The van der Waals surface area contributed by atoms with Crippen LogP contribution in [0.5, 0.6) is 0 Å². The van der Waals surface area contributed by atoms with Gasteiger partial charge in [0.15, 0.2) is 11.4 Å².